The van der Waals surface area contributed by atoms with Gasteiger partial charge >= 0.3 is 0 Å². The normalized spacial score (nSPS) is 11.8. The minimum absolute atomic E-state index is 0.270. The van der Waals surface area contributed by atoms with Crippen LogP contribution in [-0.2, 0) is 0 Å². The van der Waals surface area contributed by atoms with Gasteiger partial charge in [0.1, 0.15) is 0 Å². The summed E-state index contributed by atoms with van der Waals surface area (Å²) < 4.78 is 0. The van der Waals surface area contributed by atoms with E-state index in [9.17, 15) is 0 Å². The van der Waals surface area contributed by atoms with Gasteiger partial charge in [-0.25, -0.2) is 0 Å². The van der Waals surface area contributed by atoms with Crippen LogP contribution < -0.4 is 5.32 Å². The predicted molar refractivity (Wildman–Crippen MR) is 85.8 cm³/mol. The Morgan fingerprint density at radius 1 is 1.11 bits per heavy atom. The van der Waals surface area contributed by atoms with Gasteiger partial charge in [0.15, 0.2) is 0 Å². The zero-order valence-corrected chi connectivity index (χ0v) is 12.0. The van der Waals surface area contributed by atoms with Crippen LogP contribution in [0, 0.1) is 0 Å². The molecule has 2 aromatic carbocycles. The Kier molecular flexibility index (Phi) is 5.10. The average Bonchev–Trinajstić information content (AvgIpc) is 2.48. The highest BCUT2D eigenvalue weighted by atomic mass is 32.2. The van der Waals surface area contributed by atoms with Gasteiger partial charge in [-0.05, 0) is 30.4 Å². The second kappa shape index (κ2) is 7.05. The molecule has 0 aliphatic carbocycles. The fourth-order valence-corrected chi connectivity index (χ4v) is 2.64. The van der Waals surface area contributed by atoms with Crippen LogP contribution in [0.1, 0.15) is 18.0 Å². The number of anilines is 1. The minimum atomic E-state index is 0.270. The van der Waals surface area contributed by atoms with Crippen molar-refractivity contribution in [1.29, 1.82) is 0 Å². The lowest BCUT2D eigenvalue weighted by atomic mass is 10.0. The molecule has 1 nitrogen and oxygen atoms in total. The summed E-state index contributed by atoms with van der Waals surface area (Å²) in [5.74, 6) is 0. The fraction of sp³-hybridized carbons (Fsp3) is 0.176. The van der Waals surface area contributed by atoms with Crippen LogP contribution in [0.3, 0.4) is 0 Å². The second-order valence-electron chi connectivity index (χ2n) is 4.33. The summed E-state index contributed by atoms with van der Waals surface area (Å²) in [5, 5.41) is 3.62. The molecule has 2 heteroatoms. The van der Waals surface area contributed by atoms with Gasteiger partial charge < -0.3 is 5.32 Å². The predicted octanol–water partition coefficient (Wildman–Crippen LogP) is 5.14. The Morgan fingerprint density at radius 3 is 2.47 bits per heavy atom. The lowest BCUT2D eigenvalue weighted by Crippen LogP contribution is -2.10. The molecular weight excluding hydrogens is 250 g/mol. The maximum atomic E-state index is 3.86. The maximum absolute atomic E-state index is 3.86. The SMILES string of the molecule is C=CCC(Nc1ccccc1SC)c1ccccc1. The molecule has 0 aliphatic rings. The molecule has 2 rings (SSSR count). The van der Waals surface area contributed by atoms with E-state index in [0.717, 1.165) is 6.42 Å². The number of para-hydroxylation sites is 1. The van der Waals surface area contributed by atoms with E-state index in [1.54, 1.807) is 11.8 Å². The number of hydrogen-bond acceptors (Lipinski definition) is 2. The third-order valence-electron chi connectivity index (χ3n) is 3.04. The molecule has 98 valence electrons. The standard InChI is InChI=1S/C17H19NS/c1-3-9-15(14-10-5-4-6-11-14)18-16-12-7-8-13-17(16)19-2/h3-8,10-13,15,18H,1,9H2,2H3. The van der Waals surface area contributed by atoms with Gasteiger partial charge in [0.2, 0.25) is 0 Å². The lowest BCUT2D eigenvalue weighted by molar-refractivity contribution is 0.795. The van der Waals surface area contributed by atoms with E-state index in [1.165, 1.54) is 16.1 Å². The number of hydrogen-bond donors (Lipinski definition) is 1. The van der Waals surface area contributed by atoms with E-state index >= 15 is 0 Å². The summed E-state index contributed by atoms with van der Waals surface area (Å²) in [4.78, 5) is 1.27. The molecule has 0 saturated heterocycles. The van der Waals surface area contributed by atoms with Crippen molar-refractivity contribution in [1.82, 2.24) is 0 Å². The molecule has 0 amide bonds. The van der Waals surface area contributed by atoms with E-state index in [0.29, 0.717) is 0 Å². The van der Waals surface area contributed by atoms with E-state index < -0.39 is 0 Å². The van der Waals surface area contributed by atoms with Gasteiger partial charge in [0.05, 0.1) is 6.04 Å². The highest BCUT2D eigenvalue weighted by molar-refractivity contribution is 7.98. The zero-order chi connectivity index (χ0) is 13.5. The molecule has 0 heterocycles. The van der Waals surface area contributed by atoms with E-state index in [1.807, 2.05) is 12.1 Å². The van der Waals surface area contributed by atoms with Crippen molar-refractivity contribution >= 4 is 17.4 Å². The van der Waals surface area contributed by atoms with Crippen molar-refractivity contribution < 1.29 is 0 Å². The van der Waals surface area contributed by atoms with Crippen LogP contribution in [0.2, 0.25) is 0 Å². The van der Waals surface area contributed by atoms with Crippen molar-refractivity contribution in [3.8, 4) is 0 Å². The maximum Gasteiger partial charge on any atom is 0.0548 e. The van der Waals surface area contributed by atoms with Crippen molar-refractivity contribution in [2.75, 3.05) is 11.6 Å². The van der Waals surface area contributed by atoms with Gasteiger partial charge in [-0.2, -0.15) is 0 Å². The van der Waals surface area contributed by atoms with Crippen molar-refractivity contribution in [3.63, 3.8) is 0 Å². The van der Waals surface area contributed by atoms with Gasteiger partial charge in [0.25, 0.3) is 0 Å². The molecular formula is C17H19NS. The topological polar surface area (TPSA) is 12.0 Å². The number of rotatable bonds is 6. The van der Waals surface area contributed by atoms with Gasteiger partial charge in [-0.1, -0.05) is 48.5 Å². The Morgan fingerprint density at radius 2 is 1.79 bits per heavy atom. The summed E-state index contributed by atoms with van der Waals surface area (Å²) in [6.45, 7) is 3.86. The first-order chi connectivity index (χ1) is 9.35. The van der Waals surface area contributed by atoms with Crippen LogP contribution in [0.5, 0.6) is 0 Å². The Balaban J connectivity index is 2.24. The molecule has 0 radical (unpaired) electrons. The molecule has 0 aliphatic heterocycles. The Labute approximate surface area is 119 Å². The Hall–Kier alpha value is -1.67. The fourth-order valence-electron chi connectivity index (χ4n) is 2.08. The molecule has 0 saturated carbocycles. The number of benzene rings is 2. The molecule has 1 atom stereocenters. The highest BCUT2D eigenvalue weighted by Gasteiger charge is 2.10. The third-order valence-corrected chi connectivity index (χ3v) is 3.84. The van der Waals surface area contributed by atoms with Gasteiger partial charge in [-0.3, -0.25) is 0 Å². The van der Waals surface area contributed by atoms with Crippen LogP contribution in [-0.4, -0.2) is 6.26 Å². The van der Waals surface area contributed by atoms with Crippen molar-refractivity contribution in [2.45, 2.75) is 17.4 Å². The summed E-state index contributed by atoms with van der Waals surface area (Å²) in [6, 6.07) is 19.2. The first-order valence-corrected chi connectivity index (χ1v) is 7.63. The molecule has 0 aromatic heterocycles. The van der Waals surface area contributed by atoms with Crippen molar-refractivity contribution in [3.05, 3.63) is 72.8 Å². The highest BCUT2D eigenvalue weighted by Crippen LogP contribution is 2.29. The lowest BCUT2D eigenvalue weighted by Gasteiger charge is -2.20. The van der Waals surface area contributed by atoms with Crippen LogP contribution in [0.25, 0.3) is 0 Å². The molecule has 1 N–H and O–H groups in total. The van der Waals surface area contributed by atoms with E-state index in [-0.39, 0.29) is 6.04 Å². The average molecular weight is 269 g/mol. The summed E-state index contributed by atoms with van der Waals surface area (Å²) in [6.07, 6.45) is 4.98. The van der Waals surface area contributed by atoms with E-state index in [2.05, 4.69) is 66.7 Å². The monoisotopic (exact) mass is 269 g/mol. The quantitative estimate of drug-likeness (QED) is 0.576. The van der Waals surface area contributed by atoms with E-state index in [4.69, 9.17) is 0 Å². The largest absolute Gasteiger partial charge is 0.377 e. The molecule has 2 aromatic rings. The van der Waals surface area contributed by atoms with Gasteiger partial charge in [0, 0.05) is 10.6 Å². The van der Waals surface area contributed by atoms with Crippen LogP contribution >= 0.6 is 11.8 Å². The van der Waals surface area contributed by atoms with Crippen LogP contribution in [0.15, 0.2) is 72.1 Å². The smallest absolute Gasteiger partial charge is 0.0548 e. The molecule has 0 bridgehead atoms. The van der Waals surface area contributed by atoms with Crippen LogP contribution in [0.4, 0.5) is 5.69 Å². The molecule has 1 unspecified atom stereocenters. The zero-order valence-electron chi connectivity index (χ0n) is 11.2. The molecule has 19 heavy (non-hydrogen) atoms. The summed E-state index contributed by atoms with van der Waals surface area (Å²) in [7, 11) is 0. The number of thioether (sulfide) groups is 1. The Bertz CT molecular complexity index is 522. The minimum Gasteiger partial charge on any atom is -0.377 e. The molecule has 0 fully saturated rings. The first kappa shape index (κ1) is 13.8. The third kappa shape index (κ3) is 3.65. The summed E-state index contributed by atoms with van der Waals surface area (Å²) >= 11 is 1.76. The first-order valence-electron chi connectivity index (χ1n) is 6.40. The molecule has 0 spiro atoms. The number of nitrogens with one attached hydrogen (secondary N) is 1. The summed E-state index contributed by atoms with van der Waals surface area (Å²) in [5.41, 5.74) is 2.48. The second-order valence-corrected chi connectivity index (χ2v) is 5.18. The van der Waals surface area contributed by atoms with Gasteiger partial charge in [-0.15, -0.1) is 18.3 Å². The van der Waals surface area contributed by atoms with Crippen molar-refractivity contribution in [2.24, 2.45) is 0 Å².